The van der Waals surface area contributed by atoms with Crippen molar-refractivity contribution in [1.29, 1.82) is 0 Å². The number of ether oxygens (including phenoxy) is 1. The summed E-state index contributed by atoms with van der Waals surface area (Å²) in [5.41, 5.74) is -0.337. The van der Waals surface area contributed by atoms with Gasteiger partial charge in [0.2, 0.25) is 10.0 Å². The van der Waals surface area contributed by atoms with Crippen molar-refractivity contribution in [2.75, 3.05) is 7.11 Å². The lowest BCUT2D eigenvalue weighted by atomic mass is 10.1. The Bertz CT molecular complexity index is 808. The Kier molecular flexibility index (Phi) is 5.09. The van der Waals surface area contributed by atoms with Gasteiger partial charge in [0.05, 0.1) is 13.3 Å². The van der Waals surface area contributed by atoms with E-state index in [0.29, 0.717) is 11.8 Å². The zero-order valence-corrected chi connectivity index (χ0v) is 13.0. The molecule has 1 aromatic heterocycles. The van der Waals surface area contributed by atoms with Crippen LogP contribution in [0.15, 0.2) is 47.6 Å². The van der Waals surface area contributed by atoms with Gasteiger partial charge < -0.3 is 4.74 Å². The summed E-state index contributed by atoms with van der Waals surface area (Å²) in [6.07, 6.45) is -3.40. The maximum atomic E-state index is 13.3. The van der Waals surface area contributed by atoms with E-state index in [1.807, 2.05) is 0 Å². The number of nitrogens with zero attached hydrogens (tertiary/aromatic N) is 1. The number of aromatic nitrogens is 1. The highest BCUT2D eigenvalue weighted by Gasteiger charge is 2.43. The van der Waals surface area contributed by atoms with Gasteiger partial charge in [-0.25, -0.2) is 12.8 Å². The smallest absolute Gasteiger partial charge is 0.408 e. The minimum absolute atomic E-state index is 0.317. The number of rotatable bonds is 5. The van der Waals surface area contributed by atoms with Crippen LogP contribution in [0.5, 0.6) is 5.75 Å². The normalized spacial score (nSPS) is 13.5. The molecule has 0 aliphatic heterocycles. The number of halogens is 4. The minimum Gasteiger partial charge on any atom is -0.497 e. The SMILES string of the molecule is COc1ccc(C(NS(=O)(=O)c2cncc(F)c2)C(F)(F)F)cc1. The largest absolute Gasteiger partial charge is 0.497 e. The standard InChI is InChI=1S/C14H12F4N2O3S/c1-23-11-4-2-9(3-5-11)13(14(16,17)18)20-24(21,22)12-6-10(15)7-19-8-12/h2-8,13,20H,1H3. The second kappa shape index (κ2) is 6.73. The van der Waals surface area contributed by atoms with Gasteiger partial charge in [0.15, 0.2) is 0 Å². The molecule has 0 bridgehead atoms. The van der Waals surface area contributed by atoms with Crippen LogP contribution in [-0.2, 0) is 10.0 Å². The van der Waals surface area contributed by atoms with Gasteiger partial charge in [-0.15, -0.1) is 0 Å². The van der Waals surface area contributed by atoms with Crippen LogP contribution >= 0.6 is 0 Å². The average Bonchev–Trinajstić information content (AvgIpc) is 2.52. The number of benzene rings is 1. The fourth-order valence-electron chi connectivity index (χ4n) is 1.88. The molecule has 0 spiro atoms. The molecule has 2 rings (SSSR count). The van der Waals surface area contributed by atoms with E-state index in [9.17, 15) is 26.0 Å². The first-order valence-corrected chi connectivity index (χ1v) is 7.95. The molecule has 1 heterocycles. The van der Waals surface area contributed by atoms with Crippen molar-refractivity contribution in [3.63, 3.8) is 0 Å². The molecule has 2 aromatic rings. The van der Waals surface area contributed by atoms with Crippen LogP contribution in [0.25, 0.3) is 0 Å². The van der Waals surface area contributed by atoms with Crippen molar-refractivity contribution in [2.45, 2.75) is 17.1 Å². The van der Waals surface area contributed by atoms with E-state index in [4.69, 9.17) is 4.74 Å². The van der Waals surface area contributed by atoms with Crippen LogP contribution in [-0.4, -0.2) is 26.7 Å². The fourth-order valence-corrected chi connectivity index (χ4v) is 3.07. The van der Waals surface area contributed by atoms with Crippen molar-refractivity contribution in [1.82, 2.24) is 9.71 Å². The van der Waals surface area contributed by atoms with Gasteiger partial charge in [0.25, 0.3) is 0 Å². The monoisotopic (exact) mass is 364 g/mol. The van der Waals surface area contributed by atoms with Gasteiger partial charge >= 0.3 is 6.18 Å². The summed E-state index contributed by atoms with van der Waals surface area (Å²) >= 11 is 0. The number of methoxy groups -OCH3 is 1. The van der Waals surface area contributed by atoms with E-state index in [0.717, 1.165) is 24.5 Å². The summed E-state index contributed by atoms with van der Waals surface area (Å²) in [6.45, 7) is 0. The van der Waals surface area contributed by atoms with E-state index in [2.05, 4.69) is 4.98 Å². The van der Waals surface area contributed by atoms with Crippen LogP contribution in [0, 0.1) is 5.82 Å². The number of hydrogen-bond donors (Lipinski definition) is 1. The molecule has 1 unspecified atom stereocenters. The van der Waals surface area contributed by atoms with Gasteiger partial charge in [-0.05, 0) is 23.8 Å². The van der Waals surface area contributed by atoms with Crippen LogP contribution in [0.4, 0.5) is 17.6 Å². The highest BCUT2D eigenvalue weighted by Crippen LogP contribution is 2.34. The van der Waals surface area contributed by atoms with E-state index < -0.39 is 33.0 Å². The number of alkyl halides is 3. The van der Waals surface area contributed by atoms with Crippen molar-refractivity contribution in [3.05, 3.63) is 54.1 Å². The Labute approximate surface area is 135 Å². The van der Waals surface area contributed by atoms with Crippen LogP contribution in [0.1, 0.15) is 11.6 Å². The predicted molar refractivity (Wildman–Crippen MR) is 76.3 cm³/mol. The molecule has 24 heavy (non-hydrogen) atoms. The molecule has 0 amide bonds. The lowest BCUT2D eigenvalue weighted by Crippen LogP contribution is -2.38. The Balaban J connectivity index is 2.39. The van der Waals surface area contributed by atoms with Crippen molar-refractivity contribution in [2.24, 2.45) is 0 Å². The summed E-state index contributed by atoms with van der Waals surface area (Å²) in [5, 5.41) is 0. The van der Waals surface area contributed by atoms with Crippen LogP contribution in [0.3, 0.4) is 0 Å². The number of pyridine rings is 1. The molecular weight excluding hydrogens is 352 g/mol. The second-order valence-corrected chi connectivity index (χ2v) is 6.42. The molecule has 0 saturated carbocycles. The van der Waals surface area contributed by atoms with Gasteiger partial charge in [0, 0.05) is 6.20 Å². The van der Waals surface area contributed by atoms with E-state index in [-0.39, 0.29) is 5.56 Å². The van der Waals surface area contributed by atoms with E-state index >= 15 is 0 Å². The molecule has 1 N–H and O–H groups in total. The van der Waals surface area contributed by atoms with E-state index in [1.165, 1.54) is 24.0 Å². The third kappa shape index (κ3) is 4.20. The minimum atomic E-state index is -4.90. The zero-order valence-electron chi connectivity index (χ0n) is 12.2. The highest BCUT2D eigenvalue weighted by molar-refractivity contribution is 7.89. The molecule has 0 radical (unpaired) electrons. The third-order valence-corrected chi connectivity index (χ3v) is 4.43. The average molecular weight is 364 g/mol. The molecule has 1 aromatic carbocycles. The summed E-state index contributed by atoms with van der Waals surface area (Å²) in [4.78, 5) is 2.62. The predicted octanol–water partition coefficient (Wildman–Crippen LogP) is 2.81. The summed E-state index contributed by atoms with van der Waals surface area (Å²) in [7, 11) is -3.29. The maximum absolute atomic E-state index is 13.3. The first-order valence-electron chi connectivity index (χ1n) is 6.47. The van der Waals surface area contributed by atoms with Crippen molar-refractivity contribution in [3.8, 4) is 5.75 Å². The van der Waals surface area contributed by atoms with Gasteiger partial charge in [-0.2, -0.15) is 17.9 Å². The maximum Gasteiger partial charge on any atom is 0.408 e. The Morgan fingerprint density at radius 3 is 2.29 bits per heavy atom. The number of nitrogens with one attached hydrogen (secondary N) is 1. The summed E-state index contributed by atoms with van der Waals surface area (Å²) < 4.78 is 83.5. The Morgan fingerprint density at radius 1 is 1.17 bits per heavy atom. The molecule has 0 aliphatic rings. The summed E-state index contributed by atoms with van der Waals surface area (Å²) in [6, 6.07) is 2.79. The topological polar surface area (TPSA) is 68.3 Å². The molecule has 0 saturated heterocycles. The first-order chi connectivity index (χ1) is 11.1. The molecule has 5 nitrogen and oxygen atoms in total. The van der Waals surface area contributed by atoms with E-state index in [1.54, 1.807) is 0 Å². The molecule has 10 heteroatoms. The van der Waals surface area contributed by atoms with Crippen LogP contribution < -0.4 is 9.46 Å². The second-order valence-electron chi connectivity index (χ2n) is 4.71. The highest BCUT2D eigenvalue weighted by atomic mass is 32.2. The molecule has 0 aliphatic carbocycles. The van der Waals surface area contributed by atoms with Crippen molar-refractivity contribution < 1.29 is 30.7 Å². The zero-order chi connectivity index (χ0) is 18.0. The van der Waals surface area contributed by atoms with Crippen LogP contribution in [0.2, 0.25) is 0 Å². The van der Waals surface area contributed by atoms with Gasteiger partial charge in [0.1, 0.15) is 22.5 Å². The Hall–Kier alpha value is -2.20. The Morgan fingerprint density at radius 2 is 1.79 bits per heavy atom. The number of hydrogen-bond acceptors (Lipinski definition) is 4. The molecule has 1 atom stereocenters. The summed E-state index contributed by atoms with van der Waals surface area (Å²) in [5.74, 6) is -0.664. The van der Waals surface area contributed by atoms with Crippen molar-refractivity contribution >= 4 is 10.0 Å². The van der Waals surface area contributed by atoms with Gasteiger partial charge in [-0.1, -0.05) is 12.1 Å². The first kappa shape index (κ1) is 18.1. The quantitative estimate of drug-likeness (QED) is 0.829. The lowest BCUT2D eigenvalue weighted by Gasteiger charge is -2.22. The third-order valence-electron chi connectivity index (χ3n) is 3.04. The molecule has 130 valence electrons. The molecule has 0 fully saturated rings. The lowest BCUT2D eigenvalue weighted by molar-refractivity contribution is -0.153. The number of sulfonamides is 1. The molecular formula is C14H12F4N2O3S. The fraction of sp³-hybridized carbons (Fsp3) is 0.214. The van der Waals surface area contributed by atoms with Gasteiger partial charge in [-0.3, -0.25) is 4.98 Å².